The predicted molar refractivity (Wildman–Crippen MR) is 63.5 cm³/mol. The molecule has 0 spiro atoms. The topological polar surface area (TPSA) is 43.4 Å². The van der Waals surface area contributed by atoms with Crippen LogP contribution in [0.3, 0.4) is 0 Å². The second kappa shape index (κ2) is 3.44. The molecule has 3 fully saturated rings. The second-order valence-corrected chi connectivity index (χ2v) is 5.70. The van der Waals surface area contributed by atoms with Gasteiger partial charge in [0.2, 0.25) is 0 Å². The summed E-state index contributed by atoms with van der Waals surface area (Å²) in [5.74, 6) is 0.229. The van der Waals surface area contributed by atoms with Crippen molar-refractivity contribution in [2.45, 2.75) is 18.8 Å². The van der Waals surface area contributed by atoms with E-state index >= 15 is 0 Å². The molecule has 4 rings (SSSR count). The van der Waals surface area contributed by atoms with Crippen LogP contribution in [0.25, 0.3) is 0 Å². The van der Waals surface area contributed by atoms with Crippen molar-refractivity contribution in [3.8, 4) is 0 Å². The smallest absolute Gasteiger partial charge is 0.317 e. The normalized spacial score (nSPS) is 41.0. The number of benzene rings is 1. The van der Waals surface area contributed by atoms with E-state index in [1.807, 2.05) is 18.2 Å². The third kappa shape index (κ3) is 1.19. The van der Waals surface area contributed by atoms with E-state index in [4.69, 9.17) is 4.74 Å². The molecule has 92 valence electrons. The first-order valence-electron chi connectivity index (χ1n) is 6.56. The van der Waals surface area contributed by atoms with E-state index in [0.717, 1.165) is 12.8 Å². The minimum absolute atomic E-state index is 0.137. The summed E-state index contributed by atoms with van der Waals surface area (Å²) in [4.78, 5) is 23.4. The first-order valence-corrected chi connectivity index (χ1v) is 6.56. The van der Waals surface area contributed by atoms with Crippen molar-refractivity contribution in [2.75, 3.05) is 0 Å². The maximum absolute atomic E-state index is 11.8. The summed E-state index contributed by atoms with van der Waals surface area (Å²) in [5.41, 5.74) is 1.30. The van der Waals surface area contributed by atoms with Crippen LogP contribution in [0.1, 0.15) is 24.3 Å². The van der Waals surface area contributed by atoms with E-state index < -0.39 is 0 Å². The van der Waals surface area contributed by atoms with Crippen LogP contribution < -0.4 is 0 Å². The van der Waals surface area contributed by atoms with Gasteiger partial charge in [-0.1, -0.05) is 30.3 Å². The molecule has 2 bridgehead atoms. The lowest BCUT2D eigenvalue weighted by Gasteiger charge is -2.27. The molecule has 0 N–H and O–H groups in total. The Kier molecular flexibility index (Phi) is 1.97. The van der Waals surface area contributed by atoms with Crippen LogP contribution in [0, 0.1) is 23.7 Å². The molecule has 0 radical (unpaired) electrons. The van der Waals surface area contributed by atoms with Crippen LogP contribution in [0.2, 0.25) is 0 Å². The van der Waals surface area contributed by atoms with Crippen LogP contribution in [-0.4, -0.2) is 11.9 Å². The predicted octanol–water partition coefficient (Wildman–Crippen LogP) is 2.13. The van der Waals surface area contributed by atoms with Gasteiger partial charge in [-0.3, -0.25) is 9.59 Å². The Morgan fingerprint density at radius 1 is 0.944 bits per heavy atom. The number of esters is 2. The molecule has 1 aromatic rings. The lowest BCUT2D eigenvalue weighted by Crippen LogP contribution is -2.29. The maximum Gasteiger partial charge on any atom is 0.317 e. The third-order valence-electron chi connectivity index (χ3n) is 4.98. The Labute approximate surface area is 105 Å². The van der Waals surface area contributed by atoms with Crippen molar-refractivity contribution in [3.05, 3.63) is 35.9 Å². The highest BCUT2D eigenvalue weighted by Gasteiger charge is 2.62. The highest BCUT2D eigenvalue weighted by Crippen LogP contribution is 2.61. The van der Waals surface area contributed by atoms with E-state index in [-0.39, 0.29) is 23.8 Å². The van der Waals surface area contributed by atoms with Crippen molar-refractivity contribution in [2.24, 2.45) is 23.7 Å². The average Bonchev–Trinajstić information content (AvgIpc) is 3.03. The molecule has 5 atom stereocenters. The van der Waals surface area contributed by atoms with Crippen molar-refractivity contribution < 1.29 is 14.3 Å². The fraction of sp³-hybridized carbons (Fsp3) is 0.467. The van der Waals surface area contributed by atoms with Gasteiger partial charge in [0.1, 0.15) is 0 Å². The molecule has 18 heavy (non-hydrogen) atoms. The van der Waals surface area contributed by atoms with E-state index in [1.165, 1.54) is 5.56 Å². The largest absolute Gasteiger partial charge is 0.393 e. The number of hydrogen-bond acceptors (Lipinski definition) is 3. The average molecular weight is 242 g/mol. The number of hydrogen-bond donors (Lipinski definition) is 0. The number of fused-ring (bicyclic) bond motifs is 5. The highest BCUT2D eigenvalue weighted by molar-refractivity contribution is 5.97. The monoisotopic (exact) mass is 242 g/mol. The van der Waals surface area contributed by atoms with Gasteiger partial charge >= 0.3 is 11.9 Å². The van der Waals surface area contributed by atoms with Crippen LogP contribution in [0.5, 0.6) is 0 Å². The summed E-state index contributed by atoms with van der Waals surface area (Å²) >= 11 is 0. The van der Waals surface area contributed by atoms with Gasteiger partial charge in [-0.25, -0.2) is 0 Å². The van der Waals surface area contributed by atoms with E-state index in [2.05, 4.69) is 12.1 Å². The molecule has 1 aliphatic heterocycles. The molecule has 1 saturated heterocycles. The maximum atomic E-state index is 11.8. The molecular formula is C15H14O3. The van der Waals surface area contributed by atoms with Gasteiger partial charge in [0.25, 0.3) is 0 Å². The summed E-state index contributed by atoms with van der Waals surface area (Å²) in [5, 5.41) is 0. The molecule has 2 saturated carbocycles. The number of carbonyl (C=O) groups excluding carboxylic acids is 2. The second-order valence-electron chi connectivity index (χ2n) is 5.70. The Bertz CT molecular complexity index is 522. The van der Waals surface area contributed by atoms with E-state index in [1.54, 1.807) is 0 Å². The number of carbonyl (C=O) groups is 2. The number of rotatable bonds is 1. The summed E-state index contributed by atoms with van der Waals surface area (Å²) < 4.78 is 4.82. The Morgan fingerprint density at radius 3 is 2.44 bits per heavy atom. The Balaban J connectivity index is 1.70. The zero-order chi connectivity index (χ0) is 12.3. The van der Waals surface area contributed by atoms with Crippen molar-refractivity contribution in [3.63, 3.8) is 0 Å². The molecule has 1 heterocycles. The molecule has 1 aromatic carbocycles. The lowest BCUT2D eigenvalue weighted by atomic mass is 9.73. The molecule has 3 heteroatoms. The highest BCUT2D eigenvalue weighted by atomic mass is 16.6. The number of cyclic esters (lactones) is 2. The van der Waals surface area contributed by atoms with Gasteiger partial charge in [-0.05, 0) is 36.2 Å². The van der Waals surface area contributed by atoms with Gasteiger partial charge < -0.3 is 4.74 Å². The fourth-order valence-electron chi connectivity index (χ4n) is 4.34. The van der Waals surface area contributed by atoms with Crippen molar-refractivity contribution in [1.82, 2.24) is 0 Å². The van der Waals surface area contributed by atoms with Crippen LogP contribution in [0.15, 0.2) is 30.3 Å². The quantitative estimate of drug-likeness (QED) is 0.559. The van der Waals surface area contributed by atoms with Gasteiger partial charge in [-0.15, -0.1) is 0 Å². The van der Waals surface area contributed by atoms with E-state index in [0.29, 0.717) is 17.8 Å². The van der Waals surface area contributed by atoms with Gasteiger partial charge in [0.05, 0.1) is 11.8 Å². The SMILES string of the molecule is O=C1OC(=O)[C@H]2[C@H]3C[C@H]([C@@H]12)[C@H](c1ccccc1)C3. The molecule has 3 aliphatic rings. The zero-order valence-electron chi connectivity index (χ0n) is 9.91. The summed E-state index contributed by atoms with van der Waals surface area (Å²) in [6.07, 6.45) is 2.04. The first kappa shape index (κ1) is 10.3. The Morgan fingerprint density at radius 2 is 1.67 bits per heavy atom. The van der Waals surface area contributed by atoms with E-state index in [9.17, 15) is 9.59 Å². The van der Waals surface area contributed by atoms with Gasteiger partial charge in [0, 0.05) is 0 Å². The molecule has 2 aliphatic carbocycles. The molecule has 0 amide bonds. The van der Waals surface area contributed by atoms with Crippen LogP contribution >= 0.6 is 0 Å². The summed E-state index contributed by atoms with van der Waals surface area (Å²) in [6, 6.07) is 10.3. The first-order chi connectivity index (χ1) is 8.75. The van der Waals surface area contributed by atoms with Crippen molar-refractivity contribution in [1.29, 1.82) is 0 Å². The number of ether oxygens (including phenoxy) is 1. The molecule has 0 unspecified atom stereocenters. The van der Waals surface area contributed by atoms with Gasteiger partial charge in [0.15, 0.2) is 0 Å². The molecule has 0 aromatic heterocycles. The van der Waals surface area contributed by atoms with Crippen LogP contribution in [0.4, 0.5) is 0 Å². The summed E-state index contributed by atoms with van der Waals surface area (Å²) in [6.45, 7) is 0. The van der Waals surface area contributed by atoms with Gasteiger partial charge in [-0.2, -0.15) is 0 Å². The van der Waals surface area contributed by atoms with Crippen molar-refractivity contribution >= 4 is 11.9 Å². The third-order valence-corrected chi connectivity index (χ3v) is 4.98. The fourth-order valence-corrected chi connectivity index (χ4v) is 4.34. The lowest BCUT2D eigenvalue weighted by molar-refractivity contribution is -0.154. The Hall–Kier alpha value is -1.64. The minimum Gasteiger partial charge on any atom is -0.393 e. The standard InChI is InChI=1S/C15H14O3/c16-14-12-9-6-10(8-4-2-1-3-5-8)11(7-9)13(12)15(17)18-14/h1-5,9-13H,6-7H2/t9-,10+,11+,12+,13-/m1/s1. The zero-order valence-corrected chi connectivity index (χ0v) is 9.91. The van der Waals surface area contributed by atoms with Crippen LogP contribution in [-0.2, 0) is 14.3 Å². The molecule has 3 nitrogen and oxygen atoms in total. The molecular weight excluding hydrogens is 228 g/mol. The minimum atomic E-state index is -0.280. The summed E-state index contributed by atoms with van der Waals surface area (Å²) in [7, 11) is 0.